The van der Waals surface area contributed by atoms with Crippen LogP contribution >= 0.6 is 0 Å². The third-order valence-electron chi connectivity index (χ3n) is 3.73. The van der Waals surface area contributed by atoms with E-state index in [9.17, 15) is 14.4 Å². The SMILES string of the molecule is CCC(=NCCN(C)C)C1C(=O)NC(=O)N(c2ccccc2)C1=O. The van der Waals surface area contributed by atoms with E-state index in [1.54, 1.807) is 30.3 Å². The number of hydrogen-bond donors (Lipinski definition) is 1. The molecule has 1 aromatic rings. The number of anilines is 1. The fourth-order valence-corrected chi connectivity index (χ4v) is 2.49. The van der Waals surface area contributed by atoms with Crippen LogP contribution in [0.5, 0.6) is 0 Å². The Labute approximate surface area is 141 Å². The van der Waals surface area contributed by atoms with Crippen molar-refractivity contribution < 1.29 is 14.4 Å². The van der Waals surface area contributed by atoms with E-state index >= 15 is 0 Å². The fraction of sp³-hybridized carbons (Fsp3) is 0.412. The van der Waals surface area contributed by atoms with E-state index in [0.717, 1.165) is 4.90 Å². The number of aliphatic imine (C=N–C) groups is 1. The van der Waals surface area contributed by atoms with Crippen LogP contribution in [-0.4, -0.2) is 55.6 Å². The standard InChI is InChI=1S/C17H22N4O3/c1-4-13(18-10-11-20(2)3)14-15(22)19-17(24)21(16(14)23)12-8-6-5-7-9-12/h5-9,14H,4,10-11H2,1-3H3,(H,19,22,24). The minimum absolute atomic E-state index is 0.432. The number of amides is 4. The summed E-state index contributed by atoms with van der Waals surface area (Å²) in [5.41, 5.74) is 0.925. The quantitative estimate of drug-likeness (QED) is 0.629. The molecule has 24 heavy (non-hydrogen) atoms. The lowest BCUT2D eigenvalue weighted by molar-refractivity contribution is -0.131. The number of urea groups is 1. The molecule has 0 bridgehead atoms. The number of likely N-dealkylation sites (N-methyl/N-ethyl adjacent to an activating group) is 1. The smallest absolute Gasteiger partial charge is 0.308 e. The van der Waals surface area contributed by atoms with Gasteiger partial charge in [-0.3, -0.25) is 19.9 Å². The molecule has 7 nitrogen and oxygen atoms in total. The number of barbiturate groups is 1. The number of carbonyl (C=O) groups excluding carboxylic acids is 3. The second-order valence-corrected chi connectivity index (χ2v) is 5.77. The molecular weight excluding hydrogens is 308 g/mol. The third-order valence-corrected chi connectivity index (χ3v) is 3.73. The van der Waals surface area contributed by atoms with Crippen LogP contribution in [0.2, 0.25) is 0 Å². The zero-order valence-corrected chi connectivity index (χ0v) is 14.2. The summed E-state index contributed by atoms with van der Waals surface area (Å²) < 4.78 is 0. The summed E-state index contributed by atoms with van der Waals surface area (Å²) in [6.07, 6.45) is 0.466. The van der Waals surface area contributed by atoms with Gasteiger partial charge in [-0.15, -0.1) is 0 Å². The van der Waals surface area contributed by atoms with Crippen LogP contribution in [0.1, 0.15) is 13.3 Å². The molecule has 1 heterocycles. The first kappa shape index (κ1) is 17.8. The summed E-state index contributed by atoms with van der Waals surface area (Å²) in [7, 11) is 3.85. The maximum absolute atomic E-state index is 12.8. The molecule has 0 spiro atoms. The molecule has 0 saturated carbocycles. The van der Waals surface area contributed by atoms with Gasteiger partial charge in [-0.1, -0.05) is 25.1 Å². The monoisotopic (exact) mass is 330 g/mol. The largest absolute Gasteiger partial charge is 0.335 e. The number of nitrogens with one attached hydrogen (secondary N) is 1. The molecule has 1 aliphatic heterocycles. The first-order chi connectivity index (χ1) is 11.5. The summed E-state index contributed by atoms with van der Waals surface area (Å²) in [4.78, 5) is 44.5. The first-order valence-electron chi connectivity index (χ1n) is 7.87. The molecule has 1 saturated heterocycles. The summed E-state index contributed by atoms with van der Waals surface area (Å²) in [5, 5.41) is 2.26. The Morgan fingerprint density at radius 2 is 1.88 bits per heavy atom. The predicted octanol–water partition coefficient (Wildman–Crippen LogP) is 1.30. The molecule has 1 fully saturated rings. The molecule has 128 valence electrons. The average Bonchev–Trinajstić information content (AvgIpc) is 2.53. The summed E-state index contributed by atoms with van der Waals surface area (Å²) >= 11 is 0. The van der Waals surface area contributed by atoms with Gasteiger partial charge in [0, 0.05) is 12.3 Å². The van der Waals surface area contributed by atoms with Crippen LogP contribution in [0.3, 0.4) is 0 Å². The highest BCUT2D eigenvalue weighted by atomic mass is 16.2. The highest BCUT2D eigenvalue weighted by molar-refractivity contribution is 6.35. The molecule has 4 amide bonds. The van der Waals surface area contributed by atoms with E-state index in [1.165, 1.54) is 0 Å². The van der Waals surface area contributed by atoms with Crippen molar-refractivity contribution in [2.75, 3.05) is 32.1 Å². The fourth-order valence-electron chi connectivity index (χ4n) is 2.49. The topological polar surface area (TPSA) is 82.1 Å². The highest BCUT2D eigenvalue weighted by Crippen LogP contribution is 2.21. The molecular formula is C17H22N4O3. The van der Waals surface area contributed by atoms with Crippen LogP contribution in [-0.2, 0) is 9.59 Å². The molecule has 2 rings (SSSR count). The van der Waals surface area contributed by atoms with Crippen molar-refractivity contribution in [3.8, 4) is 0 Å². The molecule has 0 aromatic heterocycles. The third kappa shape index (κ3) is 3.86. The molecule has 1 N–H and O–H groups in total. The summed E-state index contributed by atoms with van der Waals surface area (Å²) in [6.45, 7) is 3.05. The zero-order chi connectivity index (χ0) is 17.7. The lowest BCUT2D eigenvalue weighted by Gasteiger charge is -2.30. The van der Waals surface area contributed by atoms with Gasteiger partial charge >= 0.3 is 6.03 Å². The summed E-state index contributed by atoms with van der Waals surface area (Å²) in [6, 6.07) is 7.83. The Kier molecular flexibility index (Phi) is 5.81. The maximum atomic E-state index is 12.8. The highest BCUT2D eigenvalue weighted by Gasteiger charge is 2.43. The van der Waals surface area contributed by atoms with E-state index in [1.807, 2.05) is 25.9 Å². The van der Waals surface area contributed by atoms with Crippen LogP contribution in [0.15, 0.2) is 35.3 Å². The van der Waals surface area contributed by atoms with Gasteiger partial charge in [-0.2, -0.15) is 0 Å². The number of nitrogens with zero attached hydrogens (tertiary/aromatic N) is 3. The van der Waals surface area contributed by atoms with Crippen molar-refractivity contribution in [3.05, 3.63) is 30.3 Å². The Morgan fingerprint density at radius 3 is 2.46 bits per heavy atom. The lowest BCUT2D eigenvalue weighted by Crippen LogP contribution is -2.60. The second-order valence-electron chi connectivity index (χ2n) is 5.77. The zero-order valence-electron chi connectivity index (χ0n) is 14.2. The van der Waals surface area contributed by atoms with Crippen molar-refractivity contribution in [2.45, 2.75) is 13.3 Å². The summed E-state index contributed by atoms with van der Waals surface area (Å²) in [5.74, 6) is -2.22. The number of hydrogen-bond acceptors (Lipinski definition) is 5. The van der Waals surface area contributed by atoms with Gasteiger partial charge in [0.1, 0.15) is 0 Å². The molecule has 0 radical (unpaired) electrons. The van der Waals surface area contributed by atoms with Gasteiger partial charge in [-0.05, 0) is 32.6 Å². The van der Waals surface area contributed by atoms with Crippen LogP contribution < -0.4 is 10.2 Å². The van der Waals surface area contributed by atoms with Gasteiger partial charge in [-0.25, -0.2) is 9.69 Å². The number of rotatable bonds is 6. The van der Waals surface area contributed by atoms with Crippen LogP contribution in [0, 0.1) is 5.92 Å². The lowest BCUT2D eigenvalue weighted by atomic mass is 9.96. The molecule has 1 atom stereocenters. The van der Waals surface area contributed by atoms with E-state index in [2.05, 4.69) is 10.3 Å². The minimum Gasteiger partial charge on any atom is -0.308 e. The molecule has 7 heteroatoms. The van der Waals surface area contributed by atoms with Gasteiger partial charge in [0.25, 0.3) is 5.91 Å². The van der Waals surface area contributed by atoms with Gasteiger partial charge in [0.15, 0.2) is 5.92 Å². The van der Waals surface area contributed by atoms with Crippen LogP contribution in [0.4, 0.5) is 10.5 Å². The Balaban J connectivity index is 2.29. The van der Waals surface area contributed by atoms with Crippen molar-refractivity contribution in [1.82, 2.24) is 10.2 Å². The number of benzene rings is 1. The molecule has 1 aromatic carbocycles. The molecule has 1 unspecified atom stereocenters. The van der Waals surface area contributed by atoms with E-state index in [0.29, 0.717) is 30.9 Å². The first-order valence-corrected chi connectivity index (χ1v) is 7.87. The Morgan fingerprint density at radius 1 is 1.21 bits per heavy atom. The number of carbonyl (C=O) groups is 3. The Bertz CT molecular complexity index is 655. The van der Waals surface area contributed by atoms with Crippen molar-refractivity contribution in [1.29, 1.82) is 0 Å². The Hall–Kier alpha value is -2.54. The minimum atomic E-state index is -1.06. The van der Waals surface area contributed by atoms with Crippen molar-refractivity contribution >= 4 is 29.2 Å². The van der Waals surface area contributed by atoms with Crippen LogP contribution in [0.25, 0.3) is 0 Å². The van der Waals surface area contributed by atoms with Crippen molar-refractivity contribution in [2.24, 2.45) is 10.9 Å². The van der Waals surface area contributed by atoms with Gasteiger partial charge in [0.2, 0.25) is 5.91 Å². The van der Waals surface area contributed by atoms with Crippen molar-refractivity contribution in [3.63, 3.8) is 0 Å². The van der Waals surface area contributed by atoms with E-state index in [4.69, 9.17) is 0 Å². The van der Waals surface area contributed by atoms with E-state index < -0.39 is 23.8 Å². The van der Waals surface area contributed by atoms with Gasteiger partial charge in [0.05, 0.1) is 12.2 Å². The predicted molar refractivity (Wildman–Crippen MR) is 92.1 cm³/mol. The van der Waals surface area contributed by atoms with Gasteiger partial charge < -0.3 is 4.90 Å². The second kappa shape index (κ2) is 7.83. The number of imide groups is 2. The maximum Gasteiger partial charge on any atom is 0.335 e. The van der Waals surface area contributed by atoms with E-state index in [-0.39, 0.29) is 0 Å². The normalized spacial score (nSPS) is 19.0. The number of para-hydroxylation sites is 1. The molecule has 1 aliphatic rings. The average molecular weight is 330 g/mol. The molecule has 0 aliphatic carbocycles.